The smallest absolute Gasteiger partial charge is 0.326 e. The number of anilines is 2. The summed E-state index contributed by atoms with van der Waals surface area (Å²) in [6.07, 6.45) is -1.26. The van der Waals surface area contributed by atoms with Crippen LogP contribution in [0.3, 0.4) is 0 Å². The second kappa shape index (κ2) is 6.54. The zero-order valence-electron chi connectivity index (χ0n) is 13.0. The molecule has 0 spiro atoms. The van der Waals surface area contributed by atoms with Crippen molar-refractivity contribution in [2.45, 2.75) is 12.6 Å². The summed E-state index contributed by atoms with van der Waals surface area (Å²) in [4.78, 5) is 29.8. The third-order valence-corrected chi connectivity index (χ3v) is 3.93. The number of benzene rings is 1. The van der Waals surface area contributed by atoms with Crippen molar-refractivity contribution in [1.29, 1.82) is 0 Å². The molecule has 1 atom stereocenters. The lowest BCUT2D eigenvalue weighted by Gasteiger charge is -2.16. The van der Waals surface area contributed by atoms with Gasteiger partial charge < -0.3 is 10.2 Å². The Morgan fingerprint density at radius 3 is 2.52 bits per heavy atom. The van der Waals surface area contributed by atoms with E-state index in [0.717, 1.165) is 12.1 Å². The fourth-order valence-corrected chi connectivity index (χ4v) is 2.63. The molecule has 3 rings (SSSR count). The van der Waals surface area contributed by atoms with Crippen LogP contribution in [-0.2, 0) is 15.8 Å². The number of carbonyl (C=O) groups excluding carboxylic acids is 2. The Balaban J connectivity index is 1.65. The molecular weight excluding hydrogens is 335 g/mol. The molecule has 1 aromatic heterocycles. The molecule has 1 aliphatic rings. The van der Waals surface area contributed by atoms with Crippen molar-refractivity contribution >= 4 is 23.2 Å². The molecule has 2 amide bonds. The third kappa shape index (κ3) is 3.78. The van der Waals surface area contributed by atoms with Crippen LogP contribution in [0.4, 0.5) is 24.5 Å². The predicted octanol–water partition coefficient (Wildman–Crippen LogP) is 3.09. The first-order valence-corrected chi connectivity index (χ1v) is 7.53. The number of aromatic nitrogens is 1. The van der Waals surface area contributed by atoms with E-state index in [4.69, 9.17) is 0 Å². The van der Waals surface area contributed by atoms with Crippen LogP contribution in [0.25, 0.3) is 0 Å². The third-order valence-electron chi connectivity index (χ3n) is 3.93. The van der Waals surface area contributed by atoms with Gasteiger partial charge in [-0.15, -0.1) is 0 Å². The van der Waals surface area contributed by atoms with Gasteiger partial charge >= 0.3 is 6.18 Å². The predicted molar refractivity (Wildman–Crippen MR) is 84.8 cm³/mol. The molecule has 25 heavy (non-hydrogen) atoms. The molecule has 0 radical (unpaired) electrons. The zero-order valence-corrected chi connectivity index (χ0v) is 13.0. The average Bonchev–Trinajstić information content (AvgIpc) is 2.97. The maximum Gasteiger partial charge on any atom is 0.416 e. The highest BCUT2D eigenvalue weighted by Crippen LogP contribution is 2.30. The van der Waals surface area contributed by atoms with Crippen LogP contribution < -0.4 is 10.2 Å². The first-order valence-electron chi connectivity index (χ1n) is 7.53. The Morgan fingerprint density at radius 2 is 1.92 bits per heavy atom. The fourth-order valence-electron chi connectivity index (χ4n) is 2.63. The van der Waals surface area contributed by atoms with E-state index in [0.29, 0.717) is 5.69 Å². The van der Waals surface area contributed by atoms with E-state index in [2.05, 4.69) is 10.3 Å². The van der Waals surface area contributed by atoms with E-state index in [-0.39, 0.29) is 24.6 Å². The number of rotatable bonds is 3. The Hall–Kier alpha value is -2.90. The lowest BCUT2D eigenvalue weighted by atomic mass is 10.1. The summed E-state index contributed by atoms with van der Waals surface area (Å²) in [6.45, 7) is 0.205. The van der Waals surface area contributed by atoms with Crippen LogP contribution in [0.1, 0.15) is 12.0 Å². The van der Waals surface area contributed by atoms with Crippen molar-refractivity contribution in [3.63, 3.8) is 0 Å². The Morgan fingerprint density at radius 1 is 1.20 bits per heavy atom. The first kappa shape index (κ1) is 16.9. The van der Waals surface area contributed by atoms with Crippen molar-refractivity contribution < 1.29 is 22.8 Å². The normalized spacial score (nSPS) is 17.6. The molecular formula is C17H14F3N3O2. The Kier molecular flexibility index (Phi) is 4.43. The number of nitrogens with zero attached hydrogens (tertiary/aromatic N) is 2. The van der Waals surface area contributed by atoms with Gasteiger partial charge in [0.2, 0.25) is 11.8 Å². The lowest BCUT2D eigenvalue weighted by molar-refractivity contribution is -0.137. The topological polar surface area (TPSA) is 62.3 Å². The Bertz CT molecular complexity index is 776. The minimum atomic E-state index is -4.43. The van der Waals surface area contributed by atoms with Crippen LogP contribution in [-0.4, -0.2) is 23.3 Å². The maximum atomic E-state index is 12.5. The van der Waals surface area contributed by atoms with Gasteiger partial charge in [0.15, 0.2) is 0 Å². The summed E-state index contributed by atoms with van der Waals surface area (Å²) in [5.41, 5.74) is 0.0758. The van der Waals surface area contributed by atoms with Gasteiger partial charge in [-0.05, 0) is 36.4 Å². The standard InChI is InChI=1S/C17H14F3N3O2/c18-17(19,20)12-3-5-13(6-4-12)22-16(25)11-8-15(24)23(10-11)14-2-1-7-21-9-14/h1-7,9,11H,8,10H2,(H,22,25). The number of hydrogen-bond donors (Lipinski definition) is 1. The summed E-state index contributed by atoms with van der Waals surface area (Å²) >= 11 is 0. The second-order valence-electron chi connectivity index (χ2n) is 5.68. The van der Waals surface area contributed by atoms with Crippen molar-refractivity contribution in [1.82, 2.24) is 4.98 Å². The number of pyridine rings is 1. The molecule has 1 saturated heterocycles. The second-order valence-corrected chi connectivity index (χ2v) is 5.68. The van der Waals surface area contributed by atoms with Crippen molar-refractivity contribution in [2.75, 3.05) is 16.8 Å². The largest absolute Gasteiger partial charge is 0.416 e. The van der Waals surface area contributed by atoms with Gasteiger partial charge in [0, 0.05) is 24.8 Å². The molecule has 1 unspecified atom stereocenters. The summed E-state index contributed by atoms with van der Waals surface area (Å²) in [7, 11) is 0. The van der Waals surface area contributed by atoms with Crippen LogP contribution in [0.2, 0.25) is 0 Å². The Labute approximate surface area is 141 Å². The summed E-state index contributed by atoms with van der Waals surface area (Å²) in [6, 6.07) is 7.60. The van der Waals surface area contributed by atoms with Crippen LogP contribution >= 0.6 is 0 Å². The number of halogens is 3. The molecule has 130 valence electrons. The van der Waals surface area contributed by atoms with Gasteiger partial charge in [0.25, 0.3) is 0 Å². The molecule has 8 heteroatoms. The summed E-state index contributed by atoms with van der Waals surface area (Å²) in [5.74, 6) is -1.17. The van der Waals surface area contributed by atoms with Gasteiger partial charge in [0.05, 0.1) is 23.4 Å². The van der Waals surface area contributed by atoms with Crippen LogP contribution in [0.5, 0.6) is 0 Å². The molecule has 1 aromatic carbocycles. The highest BCUT2D eigenvalue weighted by Gasteiger charge is 2.35. The van der Waals surface area contributed by atoms with Gasteiger partial charge in [-0.2, -0.15) is 13.2 Å². The first-order chi connectivity index (χ1) is 11.8. The molecule has 2 aromatic rings. The van der Waals surface area contributed by atoms with E-state index in [1.54, 1.807) is 18.3 Å². The number of nitrogens with one attached hydrogen (secondary N) is 1. The lowest BCUT2D eigenvalue weighted by Crippen LogP contribution is -2.28. The summed E-state index contributed by atoms with van der Waals surface area (Å²) < 4.78 is 37.6. The minimum Gasteiger partial charge on any atom is -0.326 e. The monoisotopic (exact) mass is 349 g/mol. The van der Waals surface area contributed by atoms with E-state index < -0.39 is 23.6 Å². The van der Waals surface area contributed by atoms with Crippen molar-refractivity contribution in [3.8, 4) is 0 Å². The molecule has 0 saturated carbocycles. The molecule has 2 heterocycles. The van der Waals surface area contributed by atoms with Gasteiger partial charge in [-0.1, -0.05) is 0 Å². The van der Waals surface area contributed by atoms with Crippen molar-refractivity contribution in [3.05, 3.63) is 54.4 Å². The molecule has 0 aliphatic carbocycles. The number of amides is 2. The van der Waals surface area contributed by atoms with Gasteiger partial charge in [0.1, 0.15) is 0 Å². The highest BCUT2D eigenvalue weighted by molar-refractivity contribution is 6.03. The highest BCUT2D eigenvalue weighted by atomic mass is 19.4. The summed E-state index contributed by atoms with van der Waals surface area (Å²) in [5, 5.41) is 2.55. The number of hydrogen-bond acceptors (Lipinski definition) is 3. The molecule has 5 nitrogen and oxygen atoms in total. The van der Waals surface area contributed by atoms with E-state index in [1.165, 1.54) is 23.2 Å². The molecule has 1 N–H and O–H groups in total. The average molecular weight is 349 g/mol. The molecule has 1 aliphatic heterocycles. The maximum absolute atomic E-state index is 12.5. The minimum absolute atomic E-state index is 0.0430. The zero-order chi connectivity index (χ0) is 18.0. The van der Waals surface area contributed by atoms with E-state index >= 15 is 0 Å². The number of alkyl halides is 3. The van der Waals surface area contributed by atoms with Crippen LogP contribution in [0.15, 0.2) is 48.8 Å². The van der Waals surface area contributed by atoms with Crippen LogP contribution in [0, 0.1) is 5.92 Å². The van der Waals surface area contributed by atoms with E-state index in [9.17, 15) is 22.8 Å². The quantitative estimate of drug-likeness (QED) is 0.926. The fraction of sp³-hybridized carbons (Fsp3) is 0.235. The molecule has 0 bridgehead atoms. The number of carbonyl (C=O) groups is 2. The molecule has 1 fully saturated rings. The van der Waals surface area contributed by atoms with Gasteiger partial charge in [-0.25, -0.2) is 0 Å². The SMILES string of the molecule is O=C(Nc1ccc(C(F)(F)F)cc1)C1CC(=O)N(c2cccnc2)C1. The van der Waals surface area contributed by atoms with E-state index in [1.807, 2.05) is 0 Å². The van der Waals surface area contributed by atoms with Crippen molar-refractivity contribution in [2.24, 2.45) is 5.92 Å². The van der Waals surface area contributed by atoms with Gasteiger partial charge in [-0.3, -0.25) is 14.6 Å².